The third-order valence-corrected chi connectivity index (χ3v) is 3.45. The van der Waals surface area contributed by atoms with E-state index in [1.807, 2.05) is 63.2 Å². The van der Waals surface area contributed by atoms with Crippen molar-refractivity contribution < 1.29 is 14.3 Å². The van der Waals surface area contributed by atoms with Crippen molar-refractivity contribution in [2.45, 2.75) is 26.4 Å². The van der Waals surface area contributed by atoms with Crippen LogP contribution in [0.2, 0.25) is 0 Å². The van der Waals surface area contributed by atoms with Crippen LogP contribution in [0.1, 0.15) is 20.8 Å². The Labute approximate surface area is 144 Å². The van der Waals surface area contributed by atoms with E-state index in [0.717, 1.165) is 9.32 Å². The summed E-state index contributed by atoms with van der Waals surface area (Å²) in [5.74, 6) is 1.48. The number of hydrogen-bond acceptors (Lipinski definition) is 3. The van der Waals surface area contributed by atoms with Gasteiger partial charge in [-0.25, -0.2) is 4.79 Å². The van der Waals surface area contributed by atoms with Gasteiger partial charge in [0.15, 0.2) is 0 Å². The topological polar surface area (TPSA) is 47.6 Å². The summed E-state index contributed by atoms with van der Waals surface area (Å²) in [4.78, 5) is 11.8. The fourth-order valence-corrected chi connectivity index (χ4v) is 2.32. The van der Waals surface area contributed by atoms with Crippen LogP contribution in [0.15, 0.2) is 48.5 Å². The molecule has 0 saturated carbocycles. The Morgan fingerprint density at radius 2 is 1.73 bits per heavy atom. The second-order valence-electron chi connectivity index (χ2n) is 5.68. The van der Waals surface area contributed by atoms with Crippen molar-refractivity contribution in [3.05, 3.63) is 52.1 Å². The maximum Gasteiger partial charge on any atom is 0.412 e. The smallest absolute Gasteiger partial charge is 0.412 e. The van der Waals surface area contributed by atoms with Gasteiger partial charge in [0.1, 0.15) is 17.1 Å². The van der Waals surface area contributed by atoms with Crippen LogP contribution in [0.3, 0.4) is 0 Å². The molecule has 0 fully saturated rings. The SMILES string of the molecule is CC(C)(C)OC(=O)Nc1ccc(Oc2ccccc2)cc1I. The Hall–Kier alpha value is -1.76. The van der Waals surface area contributed by atoms with Crippen LogP contribution in [0.5, 0.6) is 11.5 Å². The van der Waals surface area contributed by atoms with Gasteiger partial charge in [-0.1, -0.05) is 18.2 Å². The summed E-state index contributed by atoms with van der Waals surface area (Å²) < 4.78 is 11.9. The van der Waals surface area contributed by atoms with E-state index in [2.05, 4.69) is 27.9 Å². The predicted octanol–water partition coefficient (Wildman–Crippen LogP) is 5.43. The fraction of sp³-hybridized carbons (Fsp3) is 0.235. The number of hydrogen-bond donors (Lipinski definition) is 1. The van der Waals surface area contributed by atoms with Gasteiger partial charge in [0.2, 0.25) is 0 Å². The molecule has 5 heteroatoms. The van der Waals surface area contributed by atoms with Crippen LogP contribution in [-0.2, 0) is 4.74 Å². The zero-order valence-electron chi connectivity index (χ0n) is 12.7. The van der Waals surface area contributed by atoms with Crippen LogP contribution in [0.4, 0.5) is 10.5 Å². The van der Waals surface area contributed by atoms with Crippen LogP contribution in [0, 0.1) is 3.57 Å². The molecule has 116 valence electrons. The monoisotopic (exact) mass is 411 g/mol. The molecule has 0 spiro atoms. The zero-order chi connectivity index (χ0) is 16.2. The Morgan fingerprint density at radius 3 is 2.32 bits per heavy atom. The average Bonchev–Trinajstić information content (AvgIpc) is 2.41. The molecule has 22 heavy (non-hydrogen) atoms. The second-order valence-corrected chi connectivity index (χ2v) is 6.85. The van der Waals surface area contributed by atoms with E-state index in [1.54, 1.807) is 6.07 Å². The summed E-state index contributed by atoms with van der Waals surface area (Å²) in [5.41, 5.74) is 0.168. The lowest BCUT2D eigenvalue weighted by molar-refractivity contribution is 0.0636. The molecule has 2 aromatic carbocycles. The summed E-state index contributed by atoms with van der Waals surface area (Å²) >= 11 is 2.15. The van der Waals surface area contributed by atoms with Gasteiger partial charge < -0.3 is 9.47 Å². The van der Waals surface area contributed by atoms with Crippen molar-refractivity contribution >= 4 is 34.4 Å². The van der Waals surface area contributed by atoms with Gasteiger partial charge in [-0.15, -0.1) is 0 Å². The number of halogens is 1. The highest BCUT2D eigenvalue weighted by Crippen LogP contribution is 2.27. The third kappa shape index (κ3) is 5.22. The van der Waals surface area contributed by atoms with Gasteiger partial charge in [-0.05, 0) is 73.7 Å². The maximum absolute atomic E-state index is 11.8. The highest BCUT2D eigenvalue weighted by molar-refractivity contribution is 14.1. The molecule has 0 aromatic heterocycles. The molecule has 0 atom stereocenters. The minimum absolute atomic E-state index is 0.470. The van der Waals surface area contributed by atoms with Gasteiger partial charge in [0.25, 0.3) is 0 Å². The minimum atomic E-state index is -0.522. The Morgan fingerprint density at radius 1 is 1.05 bits per heavy atom. The van der Waals surface area contributed by atoms with Gasteiger partial charge >= 0.3 is 6.09 Å². The largest absolute Gasteiger partial charge is 0.457 e. The molecule has 1 amide bonds. The molecule has 0 aliphatic heterocycles. The predicted molar refractivity (Wildman–Crippen MR) is 95.5 cm³/mol. The minimum Gasteiger partial charge on any atom is -0.457 e. The molecule has 0 aliphatic carbocycles. The maximum atomic E-state index is 11.8. The van der Waals surface area contributed by atoms with E-state index in [-0.39, 0.29) is 0 Å². The fourth-order valence-electron chi connectivity index (χ4n) is 1.70. The molecule has 0 saturated heterocycles. The highest BCUT2D eigenvalue weighted by Gasteiger charge is 2.17. The molecule has 0 radical (unpaired) electrons. The molecular formula is C17H18INO3. The van der Waals surface area contributed by atoms with E-state index in [0.29, 0.717) is 11.4 Å². The summed E-state index contributed by atoms with van der Waals surface area (Å²) in [6.07, 6.45) is -0.470. The number of carbonyl (C=O) groups excluding carboxylic acids is 1. The van der Waals surface area contributed by atoms with Crippen LogP contribution < -0.4 is 10.1 Å². The summed E-state index contributed by atoms with van der Waals surface area (Å²) in [5, 5.41) is 2.73. The summed E-state index contributed by atoms with van der Waals surface area (Å²) in [7, 11) is 0. The number of rotatable bonds is 3. The molecule has 2 aromatic rings. The number of carbonyl (C=O) groups is 1. The standard InChI is InChI=1S/C17H18INO3/c1-17(2,3)22-16(20)19-15-10-9-13(11-14(15)18)21-12-7-5-4-6-8-12/h4-11H,1-3H3,(H,19,20). The first-order valence-electron chi connectivity index (χ1n) is 6.86. The third-order valence-electron chi connectivity index (χ3n) is 2.56. The number of para-hydroxylation sites is 1. The van der Waals surface area contributed by atoms with E-state index in [1.165, 1.54) is 0 Å². The van der Waals surface area contributed by atoms with Gasteiger partial charge in [-0.3, -0.25) is 5.32 Å². The summed E-state index contributed by atoms with van der Waals surface area (Å²) in [6.45, 7) is 5.48. The quantitative estimate of drug-likeness (QED) is 0.686. The van der Waals surface area contributed by atoms with Crippen molar-refractivity contribution in [2.75, 3.05) is 5.32 Å². The van der Waals surface area contributed by atoms with Crippen molar-refractivity contribution in [2.24, 2.45) is 0 Å². The normalized spacial score (nSPS) is 10.9. The van der Waals surface area contributed by atoms with Crippen molar-refractivity contribution in [1.82, 2.24) is 0 Å². The zero-order valence-corrected chi connectivity index (χ0v) is 14.9. The van der Waals surface area contributed by atoms with Crippen LogP contribution >= 0.6 is 22.6 Å². The lowest BCUT2D eigenvalue weighted by Gasteiger charge is -2.20. The van der Waals surface area contributed by atoms with E-state index < -0.39 is 11.7 Å². The lowest BCUT2D eigenvalue weighted by atomic mass is 10.2. The van der Waals surface area contributed by atoms with Crippen molar-refractivity contribution in [1.29, 1.82) is 0 Å². The van der Waals surface area contributed by atoms with Crippen molar-refractivity contribution in [3.63, 3.8) is 0 Å². The first-order chi connectivity index (χ1) is 10.3. The van der Waals surface area contributed by atoms with E-state index in [4.69, 9.17) is 9.47 Å². The molecule has 4 nitrogen and oxygen atoms in total. The number of anilines is 1. The first kappa shape index (κ1) is 16.6. The Bertz CT molecular complexity index is 651. The number of amides is 1. The molecular weight excluding hydrogens is 393 g/mol. The molecule has 0 unspecified atom stereocenters. The number of ether oxygens (including phenoxy) is 2. The summed E-state index contributed by atoms with van der Waals surface area (Å²) in [6, 6.07) is 15.0. The van der Waals surface area contributed by atoms with Gasteiger partial charge in [-0.2, -0.15) is 0 Å². The lowest BCUT2D eigenvalue weighted by Crippen LogP contribution is -2.27. The molecule has 1 N–H and O–H groups in total. The van der Waals surface area contributed by atoms with Crippen molar-refractivity contribution in [3.8, 4) is 11.5 Å². The van der Waals surface area contributed by atoms with Gasteiger partial charge in [0.05, 0.1) is 5.69 Å². The van der Waals surface area contributed by atoms with E-state index in [9.17, 15) is 4.79 Å². The second kappa shape index (κ2) is 7.00. The number of benzene rings is 2. The first-order valence-corrected chi connectivity index (χ1v) is 7.94. The van der Waals surface area contributed by atoms with Crippen LogP contribution in [0.25, 0.3) is 0 Å². The highest BCUT2D eigenvalue weighted by atomic mass is 127. The van der Waals surface area contributed by atoms with Gasteiger partial charge in [0, 0.05) is 3.57 Å². The molecule has 0 aliphatic rings. The molecule has 0 bridgehead atoms. The molecule has 2 rings (SSSR count). The number of nitrogens with one attached hydrogen (secondary N) is 1. The van der Waals surface area contributed by atoms with E-state index >= 15 is 0 Å². The average molecular weight is 411 g/mol. The van der Waals surface area contributed by atoms with Crippen LogP contribution in [-0.4, -0.2) is 11.7 Å². The Kier molecular flexibility index (Phi) is 5.28. The Balaban J connectivity index is 2.05. The molecule has 0 heterocycles.